The standard InChI is InChI=1S/C5H12N2.B50/c1-7-4-2-6-3-5-7;1-27(2)40(28(3)4)46(39(25)26)49(45(37(21)22)38(23)24)50(47(41(29(5)6)30(7)8)42(31(9)10)32(11)12)48(43(33(13)14)34(15)16)44(35(17)18)36(19)20/h6H,2-5H2,1H3;. The number of likely N-dealkylation sites (N-methyl/N-ethyl adjacent to an activating group) is 1. The minimum Gasteiger partial charge on any atom is -0.314 e. The molecule has 1 fully saturated rings. The van der Waals surface area contributed by atoms with Crippen LogP contribution >= 0.6 is 0 Å². The molecule has 2 nitrogen and oxygen atoms in total. The Balaban J connectivity index is 0.00000400. The number of hydrogen-bond donors (Lipinski definition) is 1. The normalized spacial score (nSPS) is 11.6. The Morgan fingerprint density at radius 1 is 0.246 bits per heavy atom. The average molecular weight is 641 g/mol. The van der Waals surface area contributed by atoms with E-state index in [1.165, 1.54) is 13.1 Å². The molecule has 1 aliphatic heterocycles. The fourth-order valence-electron chi connectivity index (χ4n) is 9.24. The van der Waals surface area contributed by atoms with Crippen LogP contribution in [0.2, 0.25) is 0 Å². The van der Waals surface area contributed by atoms with Gasteiger partial charge in [-0.1, -0.05) is 0 Å². The SMILES string of the molecule is CN1CCNCC1.[B]B([B])B(B([B])[B])B(B([B])[B])B(B(B([B])[B])B([B])[B])B(B(B(B([B])[B])B([B])[B])B(B([B])[B])B([B])[B])B(B(B([B])[B])B([B])[B])B(B([B])[B])B([B])[B]. The molecule has 0 aromatic rings. The maximum atomic E-state index is 6.57. The number of hydrogen-bond acceptors (Lipinski definition) is 2. The summed E-state index contributed by atoms with van der Waals surface area (Å²) >= 11 is 0. The van der Waals surface area contributed by atoms with Crippen LogP contribution in [0, 0.1) is 0 Å². The van der Waals surface area contributed by atoms with Gasteiger partial charge in [-0.2, -0.15) is 0 Å². The first-order chi connectivity index (χ1) is 26.1. The van der Waals surface area contributed by atoms with Crippen LogP contribution in [0.15, 0.2) is 0 Å². The molecular formula is C5H12B50N2. The van der Waals surface area contributed by atoms with Gasteiger partial charge in [0.15, 0.2) is 0 Å². The molecule has 0 unspecified atom stereocenters. The summed E-state index contributed by atoms with van der Waals surface area (Å²) in [6.45, 7) is 4.74. The Labute approximate surface area is 394 Å². The van der Waals surface area contributed by atoms with Crippen LogP contribution in [-0.2, 0) is 0 Å². The maximum absolute atomic E-state index is 6.57. The van der Waals surface area contributed by atoms with Gasteiger partial charge in [-0.15, -0.1) is 0 Å². The molecule has 0 aromatic carbocycles. The van der Waals surface area contributed by atoms with Crippen LogP contribution in [-0.4, -0.2) is 393 Å². The van der Waals surface area contributed by atoms with Gasteiger partial charge in [0.25, 0.3) is 0 Å². The molecule has 0 spiro atoms. The van der Waals surface area contributed by atoms with Crippen molar-refractivity contribution in [3.8, 4) is 0 Å². The molecule has 1 heterocycles. The van der Waals surface area contributed by atoms with E-state index in [9.17, 15) is 0 Å². The van der Waals surface area contributed by atoms with Crippen LogP contribution in [0.5, 0.6) is 0 Å². The van der Waals surface area contributed by atoms with Crippen molar-refractivity contribution in [1.82, 2.24) is 10.2 Å². The van der Waals surface area contributed by atoms with Gasteiger partial charge < -0.3 is 10.2 Å². The smallest absolute Gasteiger partial charge is 0.0104 e. The number of nitrogens with zero attached hydrogens (tertiary/aromatic N) is 1. The second-order valence-electron chi connectivity index (χ2n) is 15.9. The van der Waals surface area contributed by atoms with Gasteiger partial charge in [-0.3, -0.25) is 0 Å². The highest BCUT2D eigenvalue weighted by Crippen LogP contribution is 2.22. The third-order valence-corrected chi connectivity index (χ3v) is 11.6. The highest BCUT2D eigenvalue weighted by atomic mass is 15.2. The first kappa shape index (κ1) is 60.2. The van der Waals surface area contributed by atoms with Gasteiger partial charge in [-0.05, 0) is 7.05 Å². The molecule has 57 heavy (non-hydrogen) atoms. The summed E-state index contributed by atoms with van der Waals surface area (Å²) in [5.74, 6) is 0. The van der Waals surface area contributed by atoms with E-state index >= 15 is 0 Å². The third-order valence-electron chi connectivity index (χ3n) is 11.6. The number of piperazine rings is 1. The van der Waals surface area contributed by atoms with E-state index in [1.54, 1.807) is 0 Å². The third kappa shape index (κ3) is 18.2. The van der Waals surface area contributed by atoms with Crippen molar-refractivity contribution in [1.29, 1.82) is 0 Å². The monoisotopic (exact) mass is 651 g/mol. The van der Waals surface area contributed by atoms with Crippen LogP contribution < -0.4 is 5.32 Å². The molecule has 192 valence electrons. The Morgan fingerprint density at radius 3 is 0.526 bits per heavy atom. The Bertz CT molecular complexity index is 884. The molecule has 0 aromatic heterocycles. The van der Waals surface area contributed by atoms with Crippen molar-refractivity contribution in [2.45, 2.75) is 0 Å². The van der Waals surface area contributed by atoms with Crippen LogP contribution in [0.3, 0.4) is 0 Å². The summed E-state index contributed by atoms with van der Waals surface area (Å²) in [5.41, 5.74) is 0. The first-order valence-corrected chi connectivity index (χ1v) is 19.1. The highest BCUT2D eigenvalue weighted by molar-refractivity contribution is 8.35. The summed E-state index contributed by atoms with van der Waals surface area (Å²) in [5, 5.41) is 3.27. The summed E-state index contributed by atoms with van der Waals surface area (Å²) in [6, 6.07) is 0. The maximum Gasteiger partial charge on any atom is 0.0104 e. The molecular weight excluding hydrogens is 629 g/mol. The summed E-state index contributed by atoms with van der Waals surface area (Å²) in [6.07, 6.45) is -31.0. The topological polar surface area (TPSA) is 15.3 Å². The quantitative estimate of drug-likeness (QED) is 0.112. The molecule has 0 saturated carbocycles. The Hall–Kier alpha value is 3.17. The molecule has 0 amide bonds. The Kier molecular flexibility index (Phi) is 30.5. The van der Waals surface area contributed by atoms with E-state index < -0.39 is 153 Å². The van der Waals surface area contributed by atoms with E-state index in [0.717, 1.165) is 13.1 Å². The van der Waals surface area contributed by atoms with E-state index in [-0.39, 0.29) is 0 Å². The molecule has 1 aliphatic rings. The zero-order valence-electron chi connectivity index (χ0n) is 33.6. The van der Waals surface area contributed by atoms with Gasteiger partial charge >= 0.3 is 0 Å². The predicted molar refractivity (Wildman–Crippen MR) is 318 cm³/mol. The number of rotatable bonds is 23. The minimum atomic E-state index is -1.39. The minimum absolute atomic E-state index is 1.15. The van der Waals surface area contributed by atoms with Gasteiger partial charge in [0, 0.05) is 381 Å². The predicted octanol–water partition coefficient (Wildman–Crippen LogP) is -19.5. The van der Waals surface area contributed by atoms with E-state index in [4.69, 9.17) is 201 Å². The van der Waals surface area contributed by atoms with Crippen LogP contribution in [0.1, 0.15) is 0 Å². The van der Waals surface area contributed by atoms with Gasteiger partial charge in [0.2, 0.25) is 0 Å². The molecule has 1 saturated heterocycles. The zero-order chi connectivity index (χ0) is 45.0. The van der Waals surface area contributed by atoms with E-state index in [1.807, 2.05) is 0 Å². The second-order valence-corrected chi connectivity index (χ2v) is 15.9. The fraction of sp³-hybridized carbons (Fsp3) is 1.00. The van der Waals surface area contributed by atoms with Crippen molar-refractivity contribution in [3.05, 3.63) is 0 Å². The summed E-state index contributed by atoms with van der Waals surface area (Å²) in [4.78, 5) is 2.33. The van der Waals surface area contributed by atoms with Gasteiger partial charge in [0.1, 0.15) is 0 Å². The van der Waals surface area contributed by atoms with Crippen molar-refractivity contribution in [2.24, 2.45) is 0 Å². The van der Waals surface area contributed by atoms with Gasteiger partial charge in [-0.25, -0.2) is 0 Å². The van der Waals surface area contributed by atoms with E-state index in [2.05, 4.69) is 17.3 Å². The number of nitrogens with one attached hydrogen (secondary N) is 1. The van der Waals surface area contributed by atoms with Crippen LogP contribution in [0.4, 0.5) is 0 Å². The van der Waals surface area contributed by atoms with Crippen molar-refractivity contribution in [3.63, 3.8) is 0 Å². The van der Waals surface area contributed by atoms with Crippen molar-refractivity contribution in [2.75, 3.05) is 33.2 Å². The molecule has 0 atom stereocenters. The lowest BCUT2D eigenvalue weighted by Gasteiger charge is -2.57. The fourth-order valence-corrected chi connectivity index (χ4v) is 9.24. The largest absolute Gasteiger partial charge is 0.314 e. The summed E-state index contributed by atoms with van der Waals surface area (Å²) < 4.78 is 0. The molecule has 0 bridgehead atoms. The lowest BCUT2D eigenvalue weighted by molar-refractivity contribution is 0.291. The first-order valence-electron chi connectivity index (χ1n) is 19.1. The Morgan fingerprint density at radius 2 is 0.386 bits per heavy atom. The molecule has 52 heteroatoms. The zero-order valence-corrected chi connectivity index (χ0v) is 33.6. The average Bonchev–Trinajstić information content (AvgIpc) is 3.01. The lowest BCUT2D eigenvalue weighted by Crippen LogP contribution is -2.95. The van der Waals surface area contributed by atoms with Crippen LogP contribution in [0.25, 0.3) is 0 Å². The lowest BCUT2D eigenvalue weighted by atomic mass is 8.24. The van der Waals surface area contributed by atoms with Gasteiger partial charge in [0.05, 0.1) is 0 Å². The molecule has 0 aliphatic carbocycles. The molecule has 1 rings (SSSR count). The van der Waals surface area contributed by atoms with E-state index in [0.29, 0.717) is 0 Å². The van der Waals surface area contributed by atoms with Crippen molar-refractivity contribution >= 4 is 354 Å². The second kappa shape index (κ2) is 28.9. The van der Waals surface area contributed by atoms with Crippen molar-refractivity contribution < 1.29 is 0 Å². The molecule has 52 radical (unpaired) electrons. The molecule has 1 N–H and O–H groups in total. The highest BCUT2D eigenvalue weighted by Gasteiger charge is 2.60. The summed E-state index contributed by atoms with van der Waals surface area (Å²) in [7, 11) is 169.